The first-order valence-corrected chi connectivity index (χ1v) is 15.1. The van der Waals surface area contributed by atoms with Crippen LogP contribution in [0.1, 0.15) is 0 Å². The second-order valence-electron chi connectivity index (χ2n) is 11.1. The van der Waals surface area contributed by atoms with Crippen molar-refractivity contribution in [2.24, 2.45) is 0 Å². The minimum atomic E-state index is -2.29. The van der Waals surface area contributed by atoms with Crippen molar-refractivity contribution in [3.63, 3.8) is 0 Å². The fourth-order valence-corrected chi connectivity index (χ4v) is 5.56. The minimum Gasteiger partial charge on any atom is -0.256 e. The SMILES string of the molecule is Fc1c(F)c(-c2cc(-c3c(F)c(F)c(-c4ccccn4)c(F)c3F)nc(-c3c(F)c(F)c(-c4ccccn4)c(F)c3F)n2)c(F)c(F)c1-c1ccccn1. The Morgan fingerprint density at radius 1 is 0.278 bits per heavy atom. The van der Waals surface area contributed by atoms with Gasteiger partial charge in [-0.25, -0.2) is 62.7 Å². The molecule has 7 aromatic rings. The topological polar surface area (TPSA) is 64.5 Å². The molecule has 0 fully saturated rings. The van der Waals surface area contributed by atoms with Gasteiger partial charge in [0.2, 0.25) is 0 Å². The van der Waals surface area contributed by atoms with E-state index in [0.717, 1.165) is 36.8 Å². The van der Waals surface area contributed by atoms with Crippen LogP contribution in [-0.2, 0) is 0 Å². The first-order chi connectivity index (χ1) is 25.8. The molecule has 54 heavy (non-hydrogen) atoms. The third-order valence-electron chi connectivity index (χ3n) is 8.02. The summed E-state index contributed by atoms with van der Waals surface area (Å²) < 4.78 is 188. The lowest BCUT2D eigenvalue weighted by Crippen LogP contribution is -2.10. The summed E-state index contributed by atoms with van der Waals surface area (Å²) in [5.41, 5.74) is -14.2. The molecule has 270 valence electrons. The molecule has 17 heteroatoms. The van der Waals surface area contributed by atoms with Crippen LogP contribution >= 0.6 is 0 Å². The van der Waals surface area contributed by atoms with Gasteiger partial charge in [0.1, 0.15) is 0 Å². The molecule has 0 aliphatic carbocycles. The van der Waals surface area contributed by atoms with Crippen molar-refractivity contribution in [2.45, 2.75) is 0 Å². The summed E-state index contributed by atoms with van der Waals surface area (Å²) in [6, 6.07) is 10.7. The molecule has 0 spiro atoms. The molecule has 0 saturated carbocycles. The van der Waals surface area contributed by atoms with Crippen LogP contribution in [0.4, 0.5) is 52.7 Å². The van der Waals surface area contributed by atoms with Gasteiger partial charge in [0, 0.05) is 18.6 Å². The normalized spacial score (nSPS) is 11.3. The number of aromatic nitrogens is 5. The molecule has 5 nitrogen and oxygen atoms in total. The van der Waals surface area contributed by atoms with Crippen LogP contribution in [0, 0.1) is 69.8 Å². The average Bonchev–Trinajstić information content (AvgIpc) is 3.17. The van der Waals surface area contributed by atoms with E-state index in [-0.39, 0.29) is 6.07 Å². The molecule has 0 aliphatic rings. The Hall–Kier alpha value is -6.65. The zero-order valence-corrected chi connectivity index (χ0v) is 26.3. The van der Waals surface area contributed by atoms with Crippen LogP contribution in [0.5, 0.6) is 0 Å². The summed E-state index contributed by atoms with van der Waals surface area (Å²) in [4.78, 5) is 17.8. The number of hydrogen-bond acceptors (Lipinski definition) is 5. The zero-order chi connectivity index (χ0) is 38.6. The van der Waals surface area contributed by atoms with Crippen LogP contribution in [0.25, 0.3) is 67.7 Å². The van der Waals surface area contributed by atoms with Crippen molar-refractivity contribution >= 4 is 0 Å². The lowest BCUT2D eigenvalue weighted by Gasteiger charge is -2.16. The molecule has 0 atom stereocenters. The summed E-state index contributed by atoms with van der Waals surface area (Å²) in [7, 11) is 0. The summed E-state index contributed by atoms with van der Waals surface area (Å²) in [6.45, 7) is 0. The first kappa shape index (κ1) is 35.7. The zero-order valence-electron chi connectivity index (χ0n) is 26.3. The molecule has 0 unspecified atom stereocenters. The smallest absolute Gasteiger partial charge is 0.173 e. The summed E-state index contributed by atoms with van der Waals surface area (Å²) in [5, 5.41) is 0. The second-order valence-corrected chi connectivity index (χ2v) is 11.1. The van der Waals surface area contributed by atoms with E-state index >= 15 is 52.7 Å². The highest BCUT2D eigenvalue weighted by atomic mass is 19.2. The third kappa shape index (κ3) is 5.68. The van der Waals surface area contributed by atoms with E-state index in [9.17, 15) is 0 Å². The predicted molar refractivity (Wildman–Crippen MR) is 168 cm³/mol. The maximum absolute atomic E-state index is 15.8. The highest BCUT2D eigenvalue weighted by Crippen LogP contribution is 2.42. The molecular weight excluding hydrogens is 742 g/mol. The van der Waals surface area contributed by atoms with Crippen LogP contribution < -0.4 is 0 Å². The quantitative estimate of drug-likeness (QED) is 0.125. The molecule has 0 bridgehead atoms. The van der Waals surface area contributed by atoms with Gasteiger partial charge in [-0.2, -0.15) is 0 Å². The maximum atomic E-state index is 15.8. The van der Waals surface area contributed by atoms with Crippen molar-refractivity contribution < 1.29 is 52.7 Å². The Bertz CT molecular complexity index is 2240. The van der Waals surface area contributed by atoms with Crippen LogP contribution in [-0.4, -0.2) is 24.9 Å². The van der Waals surface area contributed by atoms with Crippen molar-refractivity contribution in [2.75, 3.05) is 0 Å². The summed E-state index contributed by atoms with van der Waals surface area (Å²) >= 11 is 0. The number of pyridine rings is 3. The third-order valence-corrected chi connectivity index (χ3v) is 8.02. The number of nitrogens with zero attached hydrogens (tertiary/aromatic N) is 5. The number of rotatable bonds is 6. The Kier molecular flexibility index (Phi) is 9.08. The van der Waals surface area contributed by atoms with Gasteiger partial charge in [0.15, 0.2) is 75.6 Å². The van der Waals surface area contributed by atoms with E-state index in [1.54, 1.807) is 0 Å². The Morgan fingerprint density at radius 3 is 0.759 bits per heavy atom. The van der Waals surface area contributed by atoms with E-state index in [1.807, 2.05) is 0 Å². The van der Waals surface area contributed by atoms with Gasteiger partial charge in [0.05, 0.1) is 61.9 Å². The molecule has 3 aromatic carbocycles. The van der Waals surface area contributed by atoms with Gasteiger partial charge in [-0.15, -0.1) is 0 Å². The molecule has 0 saturated heterocycles. The van der Waals surface area contributed by atoms with E-state index in [1.165, 1.54) is 36.4 Å². The molecule has 0 N–H and O–H groups in total. The highest BCUT2D eigenvalue weighted by molar-refractivity contribution is 5.78. The molecule has 7 rings (SSSR count). The molecule has 0 aliphatic heterocycles. The fourth-order valence-electron chi connectivity index (χ4n) is 5.56. The van der Waals surface area contributed by atoms with Crippen LogP contribution in [0.15, 0.2) is 79.3 Å². The van der Waals surface area contributed by atoms with E-state index in [4.69, 9.17) is 0 Å². The number of hydrogen-bond donors (Lipinski definition) is 0. The standard InChI is InChI=1S/C37H13F12N5/c38-25-19(14-7-1-4-10-50-14)26(39)32(45)22(31(25)44)17-13-18(23-33(46)27(40)20(28(41)34(23)47)15-8-2-5-11-51-15)54-37(53-17)24-35(48)29(42)21(30(43)36(24)49)16-9-3-6-12-52-16/h1-13H. The van der Waals surface area contributed by atoms with Gasteiger partial charge in [-0.05, 0) is 42.5 Å². The highest BCUT2D eigenvalue weighted by Gasteiger charge is 2.34. The van der Waals surface area contributed by atoms with Gasteiger partial charge in [0.25, 0.3) is 0 Å². The lowest BCUT2D eigenvalue weighted by atomic mass is 9.98. The largest absolute Gasteiger partial charge is 0.256 e. The van der Waals surface area contributed by atoms with Crippen LogP contribution in [0.2, 0.25) is 0 Å². The van der Waals surface area contributed by atoms with Gasteiger partial charge in [-0.3, -0.25) is 15.0 Å². The van der Waals surface area contributed by atoms with E-state index in [2.05, 4.69) is 24.9 Å². The molecule has 0 amide bonds. The van der Waals surface area contributed by atoms with E-state index in [0.29, 0.717) is 0 Å². The summed E-state index contributed by atoms with van der Waals surface area (Å²) in [5.74, 6) is -27.9. The minimum absolute atomic E-state index is 0.163. The molecule has 4 heterocycles. The number of benzene rings is 3. The fraction of sp³-hybridized carbons (Fsp3) is 0. The maximum Gasteiger partial charge on any atom is 0.173 e. The first-order valence-electron chi connectivity index (χ1n) is 15.1. The molecule has 4 aromatic heterocycles. The Morgan fingerprint density at radius 2 is 0.519 bits per heavy atom. The van der Waals surface area contributed by atoms with Gasteiger partial charge in [-0.1, -0.05) is 18.2 Å². The van der Waals surface area contributed by atoms with Crippen molar-refractivity contribution in [3.8, 4) is 67.7 Å². The van der Waals surface area contributed by atoms with Crippen molar-refractivity contribution in [3.05, 3.63) is 149 Å². The summed E-state index contributed by atoms with van der Waals surface area (Å²) in [6.07, 6.45) is 3.08. The lowest BCUT2D eigenvalue weighted by molar-refractivity contribution is 0.459. The van der Waals surface area contributed by atoms with E-state index < -0.39 is 137 Å². The predicted octanol–water partition coefficient (Wildman–Crippen LogP) is 10.3. The van der Waals surface area contributed by atoms with Crippen molar-refractivity contribution in [1.29, 1.82) is 0 Å². The molecular formula is C37H13F12N5. The van der Waals surface area contributed by atoms with Crippen molar-refractivity contribution in [1.82, 2.24) is 24.9 Å². The Balaban J connectivity index is 1.56. The van der Waals surface area contributed by atoms with Gasteiger partial charge >= 0.3 is 0 Å². The Labute approximate surface area is 294 Å². The average molecular weight is 756 g/mol. The molecule has 0 radical (unpaired) electrons. The monoisotopic (exact) mass is 755 g/mol. The van der Waals surface area contributed by atoms with Crippen LogP contribution in [0.3, 0.4) is 0 Å². The second kappa shape index (κ2) is 13.7. The van der Waals surface area contributed by atoms with Gasteiger partial charge < -0.3 is 0 Å². The number of halogens is 12.